The summed E-state index contributed by atoms with van der Waals surface area (Å²) in [6.07, 6.45) is 1.22. The van der Waals surface area contributed by atoms with Crippen molar-refractivity contribution < 1.29 is 14.2 Å². The lowest BCUT2D eigenvalue weighted by molar-refractivity contribution is -0.338. The molecule has 0 aromatic heterocycles. The van der Waals surface area contributed by atoms with E-state index in [0.717, 1.165) is 12.2 Å². The van der Waals surface area contributed by atoms with Crippen LogP contribution in [0.15, 0.2) is 0 Å². The summed E-state index contributed by atoms with van der Waals surface area (Å²) in [6.45, 7) is 22.9. The highest BCUT2D eigenvalue weighted by molar-refractivity contribution is 8.00. The zero-order valence-corrected chi connectivity index (χ0v) is 20.1. The fourth-order valence-corrected chi connectivity index (χ4v) is 5.45. The van der Waals surface area contributed by atoms with Crippen LogP contribution in [0.1, 0.15) is 75.7 Å². The Morgan fingerprint density at radius 3 is 1.59 bits per heavy atom. The number of rotatable bonds is 5. The molecule has 0 saturated carbocycles. The third-order valence-electron chi connectivity index (χ3n) is 7.32. The molecule has 3 nitrogen and oxygen atoms in total. The lowest BCUT2D eigenvalue weighted by atomic mass is 9.78. The normalized spacial score (nSPS) is 46.4. The Bertz CT molecular complexity index is 461. The third-order valence-corrected chi connectivity index (χ3v) is 8.68. The van der Waals surface area contributed by atoms with Crippen LogP contribution in [-0.4, -0.2) is 35.3 Å². The van der Waals surface area contributed by atoms with Crippen molar-refractivity contribution >= 4 is 11.8 Å². The zero-order chi connectivity index (χ0) is 20.5. The quantitative estimate of drug-likeness (QED) is 0.548. The lowest BCUT2D eigenvalue weighted by Gasteiger charge is -2.48. The maximum Gasteiger partial charge on any atom is 0.163 e. The first-order valence-corrected chi connectivity index (χ1v) is 12.0. The molecule has 4 heteroatoms. The molecule has 27 heavy (non-hydrogen) atoms. The molecule has 0 unspecified atom stereocenters. The Morgan fingerprint density at radius 1 is 0.704 bits per heavy atom. The summed E-state index contributed by atoms with van der Waals surface area (Å²) in [5.74, 6) is 4.07. The highest BCUT2D eigenvalue weighted by Gasteiger charge is 2.44. The molecular formula is C23H44O3S. The molecule has 0 aromatic rings. The Morgan fingerprint density at radius 2 is 1.15 bits per heavy atom. The minimum atomic E-state index is -0.174. The van der Waals surface area contributed by atoms with E-state index >= 15 is 0 Å². The summed E-state index contributed by atoms with van der Waals surface area (Å²) in [6, 6.07) is 0. The van der Waals surface area contributed by atoms with Crippen LogP contribution in [0.5, 0.6) is 0 Å². The van der Waals surface area contributed by atoms with Crippen molar-refractivity contribution in [2.75, 3.05) is 5.75 Å². The van der Waals surface area contributed by atoms with Gasteiger partial charge in [0.1, 0.15) is 0 Å². The summed E-state index contributed by atoms with van der Waals surface area (Å²) in [7, 11) is 0. The van der Waals surface area contributed by atoms with Crippen molar-refractivity contribution in [3.8, 4) is 0 Å². The number of hydrogen-bond donors (Lipinski definition) is 0. The van der Waals surface area contributed by atoms with Crippen molar-refractivity contribution in [1.82, 2.24) is 0 Å². The molecule has 0 amide bonds. The molecule has 2 fully saturated rings. The molecule has 2 saturated heterocycles. The molecule has 160 valence electrons. The van der Waals surface area contributed by atoms with Crippen LogP contribution in [-0.2, 0) is 14.2 Å². The Labute approximate surface area is 172 Å². The molecule has 0 spiro atoms. The van der Waals surface area contributed by atoms with Crippen LogP contribution in [0.25, 0.3) is 0 Å². The van der Waals surface area contributed by atoms with Gasteiger partial charge in [-0.3, -0.25) is 0 Å². The average Bonchev–Trinajstić information content (AvgIpc) is 2.60. The lowest BCUT2D eigenvalue weighted by Crippen LogP contribution is -2.52. The highest BCUT2D eigenvalue weighted by atomic mass is 32.2. The SMILES string of the molecule is CC[C@H]1O[C@H](O[C@H]2O[C@H](CSC(C)(C)C)[C@@H](C)[C@H](C)[C@H]2C)[C@H](C)[C@@H](C)[C@@H]1C. The molecule has 0 N–H and O–H groups in total. The van der Waals surface area contributed by atoms with Crippen LogP contribution in [0.2, 0.25) is 0 Å². The van der Waals surface area contributed by atoms with E-state index < -0.39 is 0 Å². The molecule has 2 heterocycles. The van der Waals surface area contributed by atoms with Crippen LogP contribution >= 0.6 is 11.8 Å². The van der Waals surface area contributed by atoms with Gasteiger partial charge in [0.2, 0.25) is 0 Å². The largest absolute Gasteiger partial charge is 0.349 e. The molecule has 2 rings (SSSR count). The van der Waals surface area contributed by atoms with Gasteiger partial charge in [0.15, 0.2) is 12.6 Å². The van der Waals surface area contributed by atoms with Crippen molar-refractivity contribution in [3.05, 3.63) is 0 Å². The summed E-state index contributed by atoms with van der Waals surface area (Å²) >= 11 is 1.99. The van der Waals surface area contributed by atoms with E-state index in [-0.39, 0.29) is 29.5 Å². The fraction of sp³-hybridized carbons (Fsp3) is 1.00. The first-order valence-electron chi connectivity index (χ1n) is 11.1. The van der Waals surface area contributed by atoms with Crippen LogP contribution in [0.3, 0.4) is 0 Å². The Kier molecular flexibility index (Phi) is 8.15. The standard InChI is InChI=1S/C23H44O3S/c1-11-19-15(4)13(2)17(6)21(24-19)26-22-18(7)14(3)16(5)20(25-22)12-27-23(8,9)10/h13-22H,11-12H2,1-10H3/t13-,14-,15-,16-,17+,18+,19+,20+,21+,22+/m0/s1. The Hall–Kier alpha value is 0.230. The number of hydrogen-bond acceptors (Lipinski definition) is 4. The second-order valence-electron chi connectivity index (χ2n) is 10.2. The summed E-state index contributed by atoms with van der Waals surface area (Å²) in [5.41, 5.74) is 0. The van der Waals surface area contributed by atoms with E-state index in [4.69, 9.17) is 14.2 Å². The van der Waals surface area contributed by atoms with E-state index in [0.29, 0.717) is 35.5 Å². The van der Waals surface area contributed by atoms with Crippen LogP contribution < -0.4 is 0 Å². The maximum atomic E-state index is 6.54. The van der Waals surface area contributed by atoms with Crippen molar-refractivity contribution in [1.29, 1.82) is 0 Å². The second-order valence-corrected chi connectivity index (χ2v) is 12.1. The minimum absolute atomic E-state index is 0.162. The van der Waals surface area contributed by atoms with Crippen molar-refractivity contribution in [2.45, 2.75) is 105 Å². The van der Waals surface area contributed by atoms with Gasteiger partial charge in [-0.25, -0.2) is 0 Å². The van der Waals surface area contributed by atoms with Gasteiger partial charge in [0.05, 0.1) is 12.2 Å². The molecule has 0 bridgehead atoms. The molecule has 0 radical (unpaired) electrons. The van der Waals surface area contributed by atoms with Gasteiger partial charge in [0.25, 0.3) is 0 Å². The minimum Gasteiger partial charge on any atom is -0.349 e. The molecular weight excluding hydrogens is 356 g/mol. The smallest absolute Gasteiger partial charge is 0.163 e. The zero-order valence-electron chi connectivity index (χ0n) is 19.3. The number of thioether (sulfide) groups is 1. The average molecular weight is 401 g/mol. The second kappa shape index (κ2) is 9.36. The molecule has 2 aliphatic rings. The van der Waals surface area contributed by atoms with Crippen LogP contribution in [0, 0.1) is 35.5 Å². The first kappa shape index (κ1) is 23.5. The molecule has 0 aromatic carbocycles. The van der Waals surface area contributed by atoms with Gasteiger partial charge in [-0.2, -0.15) is 11.8 Å². The monoisotopic (exact) mass is 400 g/mol. The van der Waals surface area contributed by atoms with Gasteiger partial charge in [-0.05, 0) is 30.1 Å². The van der Waals surface area contributed by atoms with Gasteiger partial charge >= 0.3 is 0 Å². The topological polar surface area (TPSA) is 27.7 Å². The van der Waals surface area contributed by atoms with E-state index in [1.54, 1.807) is 0 Å². The summed E-state index contributed by atoms with van der Waals surface area (Å²) in [5, 5.41) is 0. The van der Waals surface area contributed by atoms with E-state index in [9.17, 15) is 0 Å². The first-order chi connectivity index (χ1) is 12.5. The van der Waals surface area contributed by atoms with Gasteiger partial charge in [-0.1, -0.05) is 69.2 Å². The number of ether oxygens (including phenoxy) is 3. The van der Waals surface area contributed by atoms with E-state index in [2.05, 4.69) is 69.2 Å². The van der Waals surface area contributed by atoms with Crippen LogP contribution in [0.4, 0.5) is 0 Å². The summed E-state index contributed by atoms with van der Waals surface area (Å²) in [4.78, 5) is 0. The fourth-order valence-electron chi connectivity index (χ4n) is 4.41. The third kappa shape index (κ3) is 5.65. The highest BCUT2D eigenvalue weighted by Crippen LogP contribution is 2.42. The molecule has 10 atom stereocenters. The predicted molar refractivity (Wildman–Crippen MR) is 116 cm³/mol. The van der Waals surface area contributed by atoms with Gasteiger partial charge in [-0.15, -0.1) is 0 Å². The van der Waals surface area contributed by atoms with Gasteiger partial charge in [0, 0.05) is 22.3 Å². The summed E-state index contributed by atoms with van der Waals surface area (Å²) < 4.78 is 19.7. The predicted octanol–water partition coefficient (Wildman–Crippen LogP) is 6.21. The van der Waals surface area contributed by atoms with E-state index in [1.165, 1.54) is 0 Å². The molecule has 2 aliphatic heterocycles. The van der Waals surface area contributed by atoms with Crippen molar-refractivity contribution in [3.63, 3.8) is 0 Å². The van der Waals surface area contributed by atoms with Crippen molar-refractivity contribution in [2.24, 2.45) is 35.5 Å². The molecule has 0 aliphatic carbocycles. The van der Waals surface area contributed by atoms with E-state index in [1.807, 2.05) is 11.8 Å². The Balaban J connectivity index is 2.07. The maximum absolute atomic E-state index is 6.54. The van der Waals surface area contributed by atoms with Gasteiger partial charge < -0.3 is 14.2 Å².